The zero-order valence-electron chi connectivity index (χ0n) is 16.8. The van der Waals surface area contributed by atoms with E-state index in [2.05, 4.69) is 4.98 Å². The van der Waals surface area contributed by atoms with Crippen LogP contribution < -0.4 is 9.64 Å². The van der Waals surface area contributed by atoms with Crippen molar-refractivity contribution in [2.75, 3.05) is 44.9 Å². The van der Waals surface area contributed by atoms with Gasteiger partial charge in [-0.2, -0.15) is 0 Å². The van der Waals surface area contributed by atoms with Gasteiger partial charge in [0.2, 0.25) is 5.91 Å². The van der Waals surface area contributed by atoms with Crippen molar-refractivity contribution in [3.05, 3.63) is 47.5 Å². The van der Waals surface area contributed by atoms with Gasteiger partial charge in [0.25, 0.3) is 0 Å². The molecule has 30 heavy (non-hydrogen) atoms. The molecule has 0 spiro atoms. The largest absolute Gasteiger partial charge is 0.497 e. The first-order chi connectivity index (χ1) is 14.2. The van der Waals surface area contributed by atoms with Gasteiger partial charge in [-0.3, -0.25) is 9.69 Å². The van der Waals surface area contributed by atoms with Gasteiger partial charge in [-0.15, -0.1) is 0 Å². The predicted molar refractivity (Wildman–Crippen MR) is 121 cm³/mol. The van der Waals surface area contributed by atoms with Crippen molar-refractivity contribution in [3.63, 3.8) is 0 Å². The van der Waals surface area contributed by atoms with E-state index >= 15 is 0 Å². The Kier molecular flexibility index (Phi) is 6.97. The van der Waals surface area contributed by atoms with E-state index in [0.717, 1.165) is 4.70 Å². The molecule has 0 aliphatic rings. The van der Waals surface area contributed by atoms with Crippen LogP contribution in [0.3, 0.4) is 0 Å². The number of carbonyl (C=O) groups excluding carboxylic acids is 1. The number of hydrogen-bond donors (Lipinski definition) is 0. The molecule has 1 amide bonds. The maximum absolute atomic E-state index is 13.1. The predicted octanol–water partition coefficient (Wildman–Crippen LogP) is 3.33. The number of thiazole rings is 1. The van der Waals surface area contributed by atoms with E-state index in [1.54, 1.807) is 18.2 Å². The summed E-state index contributed by atoms with van der Waals surface area (Å²) in [5, 5.41) is 0.913. The van der Waals surface area contributed by atoms with Gasteiger partial charge in [0.05, 0.1) is 21.7 Å². The molecule has 0 unspecified atom stereocenters. The lowest BCUT2D eigenvalue weighted by Gasteiger charge is -2.22. The van der Waals surface area contributed by atoms with E-state index in [1.165, 1.54) is 35.5 Å². The second-order valence-electron chi connectivity index (χ2n) is 6.87. The van der Waals surface area contributed by atoms with Gasteiger partial charge in [-0.05, 0) is 50.5 Å². The average Bonchev–Trinajstić information content (AvgIpc) is 3.13. The van der Waals surface area contributed by atoms with Crippen molar-refractivity contribution in [3.8, 4) is 5.75 Å². The number of ether oxygens (including phenoxy) is 1. The van der Waals surface area contributed by atoms with Crippen LogP contribution in [-0.4, -0.2) is 64.3 Å². The summed E-state index contributed by atoms with van der Waals surface area (Å²) < 4.78 is 31.5. The third-order valence-electron chi connectivity index (χ3n) is 4.39. The van der Waals surface area contributed by atoms with Crippen LogP contribution in [0.5, 0.6) is 5.75 Å². The monoisotopic (exact) mass is 467 g/mol. The maximum Gasteiger partial charge on any atom is 0.244 e. The molecule has 0 aliphatic carbocycles. The lowest BCUT2D eigenvalue weighted by atomic mass is 10.3. The van der Waals surface area contributed by atoms with Gasteiger partial charge >= 0.3 is 0 Å². The Hall–Kier alpha value is -2.20. The number of carbonyl (C=O) groups is 1. The number of hydrogen-bond acceptors (Lipinski definition) is 7. The van der Waals surface area contributed by atoms with E-state index in [-0.39, 0.29) is 4.90 Å². The smallest absolute Gasteiger partial charge is 0.244 e. The molecule has 0 bridgehead atoms. The fraction of sp³-hybridized carbons (Fsp3) is 0.300. The summed E-state index contributed by atoms with van der Waals surface area (Å²) >= 11 is 7.53. The highest BCUT2D eigenvalue weighted by Crippen LogP contribution is 2.33. The molecule has 1 heterocycles. The molecule has 7 nitrogen and oxygen atoms in total. The Morgan fingerprint density at radius 1 is 1.13 bits per heavy atom. The molecule has 3 rings (SSSR count). The van der Waals surface area contributed by atoms with Crippen LogP contribution in [0, 0.1) is 0 Å². The van der Waals surface area contributed by atoms with Crippen molar-refractivity contribution in [2.45, 2.75) is 4.90 Å². The Morgan fingerprint density at radius 2 is 1.83 bits per heavy atom. The maximum atomic E-state index is 13.1. The van der Waals surface area contributed by atoms with Crippen molar-refractivity contribution in [2.24, 2.45) is 0 Å². The molecule has 0 saturated heterocycles. The molecule has 0 saturated carbocycles. The Morgan fingerprint density at radius 3 is 2.43 bits per heavy atom. The van der Waals surface area contributed by atoms with Crippen LogP contribution in [0.4, 0.5) is 5.13 Å². The van der Waals surface area contributed by atoms with Crippen LogP contribution in [0.15, 0.2) is 47.4 Å². The minimum atomic E-state index is -3.82. The second kappa shape index (κ2) is 9.30. The number of methoxy groups -OCH3 is 1. The summed E-state index contributed by atoms with van der Waals surface area (Å²) in [4.78, 5) is 21.0. The first kappa shape index (κ1) is 22.5. The number of likely N-dealkylation sites (N-methyl/N-ethyl adjacent to an activating group) is 1. The highest BCUT2D eigenvalue weighted by atomic mass is 35.5. The lowest BCUT2D eigenvalue weighted by Crippen LogP contribution is -2.40. The van der Waals surface area contributed by atoms with Gasteiger partial charge in [-0.1, -0.05) is 29.0 Å². The van der Waals surface area contributed by atoms with Gasteiger partial charge in [-0.25, -0.2) is 13.4 Å². The topological polar surface area (TPSA) is 79.8 Å². The molecule has 0 aliphatic heterocycles. The Balaban J connectivity index is 1.90. The molecule has 0 fully saturated rings. The van der Waals surface area contributed by atoms with E-state index < -0.39 is 21.5 Å². The number of nitrogens with zero attached hydrogens (tertiary/aromatic N) is 3. The van der Waals surface area contributed by atoms with E-state index in [0.29, 0.717) is 34.5 Å². The van der Waals surface area contributed by atoms with Crippen molar-refractivity contribution in [1.82, 2.24) is 9.88 Å². The number of para-hydroxylation sites is 1. The van der Waals surface area contributed by atoms with Gasteiger partial charge < -0.3 is 9.64 Å². The summed E-state index contributed by atoms with van der Waals surface area (Å²) in [6, 6.07) is 11.4. The zero-order chi connectivity index (χ0) is 21.9. The quantitative estimate of drug-likeness (QED) is 0.505. The SMILES string of the molecule is COc1ccc(S(=O)(=O)CC(=O)N(CCN(C)C)c2nc3c(Cl)cccc3s2)cc1. The Labute approximate surface area is 184 Å². The molecule has 1 aromatic heterocycles. The Bertz CT molecular complexity index is 1140. The number of halogens is 1. The number of benzene rings is 2. The minimum absolute atomic E-state index is 0.0663. The fourth-order valence-corrected chi connectivity index (χ4v) is 5.26. The molecule has 160 valence electrons. The summed E-state index contributed by atoms with van der Waals surface area (Å²) in [5.74, 6) is -0.654. The normalized spacial score (nSPS) is 11.8. The first-order valence-corrected chi connectivity index (χ1v) is 11.9. The molecule has 2 aromatic carbocycles. The van der Waals surface area contributed by atoms with Gasteiger partial charge in [0, 0.05) is 13.1 Å². The van der Waals surface area contributed by atoms with Crippen molar-refractivity contribution >= 4 is 54.0 Å². The van der Waals surface area contributed by atoms with Crippen molar-refractivity contribution in [1.29, 1.82) is 0 Å². The zero-order valence-corrected chi connectivity index (χ0v) is 19.2. The number of sulfone groups is 1. The molecule has 0 radical (unpaired) electrons. The summed E-state index contributed by atoms with van der Waals surface area (Å²) in [6.07, 6.45) is 0. The molecule has 10 heteroatoms. The average molecular weight is 468 g/mol. The number of fused-ring (bicyclic) bond motifs is 1. The summed E-state index contributed by atoms with van der Waals surface area (Å²) in [6.45, 7) is 0.861. The third-order valence-corrected chi connectivity index (χ3v) is 7.36. The standard InChI is InChI=1S/C20H22ClN3O4S2/c1-23(2)11-12-24(20-22-19-16(21)5-4-6-17(19)29-20)18(25)13-30(26,27)15-9-7-14(28-3)8-10-15/h4-10H,11-13H2,1-3H3. The summed E-state index contributed by atoms with van der Waals surface area (Å²) in [5.41, 5.74) is 0.597. The highest BCUT2D eigenvalue weighted by molar-refractivity contribution is 7.92. The van der Waals surface area contributed by atoms with E-state index in [4.69, 9.17) is 16.3 Å². The highest BCUT2D eigenvalue weighted by Gasteiger charge is 2.27. The molecule has 0 N–H and O–H groups in total. The molecule has 0 atom stereocenters. The first-order valence-electron chi connectivity index (χ1n) is 9.08. The molecular weight excluding hydrogens is 446 g/mol. The van der Waals surface area contributed by atoms with Crippen LogP contribution in [0.25, 0.3) is 10.2 Å². The summed E-state index contributed by atoms with van der Waals surface area (Å²) in [7, 11) is 1.44. The number of amides is 1. The third kappa shape index (κ3) is 5.10. The van der Waals surface area contributed by atoms with E-state index in [9.17, 15) is 13.2 Å². The lowest BCUT2D eigenvalue weighted by molar-refractivity contribution is -0.116. The second-order valence-corrected chi connectivity index (χ2v) is 10.3. The van der Waals surface area contributed by atoms with Gasteiger partial charge in [0.1, 0.15) is 17.0 Å². The van der Waals surface area contributed by atoms with Crippen LogP contribution in [0.2, 0.25) is 5.02 Å². The van der Waals surface area contributed by atoms with Crippen LogP contribution >= 0.6 is 22.9 Å². The molecular formula is C20H22ClN3O4S2. The van der Waals surface area contributed by atoms with Gasteiger partial charge in [0.15, 0.2) is 15.0 Å². The number of aromatic nitrogens is 1. The number of rotatable bonds is 8. The number of anilines is 1. The van der Waals surface area contributed by atoms with Crippen LogP contribution in [0.1, 0.15) is 0 Å². The minimum Gasteiger partial charge on any atom is -0.497 e. The van der Waals surface area contributed by atoms with Crippen LogP contribution in [-0.2, 0) is 14.6 Å². The van der Waals surface area contributed by atoms with Crippen molar-refractivity contribution < 1.29 is 17.9 Å². The van der Waals surface area contributed by atoms with E-state index in [1.807, 2.05) is 31.1 Å². The molecule has 3 aromatic rings. The fourth-order valence-electron chi connectivity index (χ4n) is 2.75.